The van der Waals surface area contributed by atoms with Crippen LogP contribution in [0.2, 0.25) is 0 Å². The molecular weight excluding hydrogens is 538 g/mol. The number of ether oxygens (including phenoxy) is 2. The lowest BCUT2D eigenvalue weighted by atomic mass is 10.0. The van der Waals surface area contributed by atoms with Crippen LogP contribution in [0.15, 0.2) is 41.4 Å². The zero-order valence-electron chi connectivity index (χ0n) is 19.4. The molecule has 2 aromatic rings. The number of halogens is 2. The molecule has 1 aliphatic heterocycles. The Bertz CT molecular complexity index is 921. The number of aromatic hydroxyl groups is 1. The van der Waals surface area contributed by atoms with Gasteiger partial charge in [-0.05, 0) is 55.7 Å². The lowest BCUT2D eigenvalue weighted by molar-refractivity contribution is 0.198. The van der Waals surface area contributed by atoms with Crippen molar-refractivity contribution in [2.24, 2.45) is 4.99 Å². The molecule has 7 nitrogen and oxygen atoms in total. The number of phenolic OH excluding ortho intramolecular Hbond substituents is 1. The van der Waals surface area contributed by atoms with Crippen LogP contribution in [0, 0.1) is 5.82 Å². The number of piperidine rings is 1. The molecule has 182 valence electrons. The van der Waals surface area contributed by atoms with Crippen molar-refractivity contribution in [3.05, 3.63) is 53.3 Å². The minimum absolute atomic E-state index is 0. The molecule has 1 saturated heterocycles. The Morgan fingerprint density at radius 1 is 1.15 bits per heavy atom. The Labute approximate surface area is 212 Å². The van der Waals surface area contributed by atoms with Crippen molar-refractivity contribution in [2.75, 3.05) is 33.9 Å². The number of hydrogen-bond donors (Lipinski definition) is 3. The smallest absolute Gasteiger partial charge is 0.191 e. The first-order valence-electron chi connectivity index (χ1n) is 11.0. The second-order valence-corrected chi connectivity index (χ2v) is 7.85. The highest BCUT2D eigenvalue weighted by Crippen LogP contribution is 2.24. The van der Waals surface area contributed by atoms with Crippen LogP contribution in [0.1, 0.15) is 30.9 Å². The van der Waals surface area contributed by atoms with E-state index in [0.717, 1.165) is 50.5 Å². The van der Waals surface area contributed by atoms with Crippen LogP contribution in [0.5, 0.6) is 17.2 Å². The molecule has 0 amide bonds. The van der Waals surface area contributed by atoms with Crippen molar-refractivity contribution in [3.8, 4) is 17.2 Å². The van der Waals surface area contributed by atoms with E-state index in [-0.39, 0.29) is 41.3 Å². The van der Waals surface area contributed by atoms with Gasteiger partial charge in [0, 0.05) is 37.8 Å². The number of guanidine groups is 1. The van der Waals surface area contributed by atoms with Gasteiger partial charge in [0.05, 0.1) is 20.8 Å². The average molecular weight is 572 g/mol. The molecule has 0 saturated carbocycles. The van der Waals surface area contributed by atoms with Gasteiger partial charge in [-0.3, -0.25) is 4.90 Å². The molecule has 0 spiro atoms. The summed E-state index contributed by atoms with van der Waals surface area (Å²) in [5, 5.41) is 16.9. The Kier molecular flexibility index (Phi) is 11.0. The molecule has 1 aliphatic rings. The first kappa shape index (κ1) is 27.0. The van der Waals surface area contributed by atoms with E-state index in [4.69, 9.17) is 9.47 Å². The molecule has 2 aromatic carbocycles. The van der Waals surface area contributed by atoms with E-state index >= 15 is 0 Å². The van der Waals surface area contributed by atoms with Crippen molar-refractivity contribution in [3.63, 3.8) is 0 Å². The Morgan fingerprint density at radius 2 is 1.91 bits per heavy atom. The number of nitrogens with zero attached hydrogens (tertiary/aromatic N) is 2. The number of benzene rings is 2. The number of nitrogens with one attached hydrogen (secondary N) is 2. The lowest BCUT2D eigenvalue weighted by Gasteiger charge is -2.33. The SMILES string of the molecule is CCNC(=NCc1cc(OC)ccc1O)NC1CCN(Cc2ccc(OC)c(F)c2)CC1.I. The third kappa shape index (κ3) is 7.92. The molecule has 0 unspecified atom stereocenters. The minimum Gasteiger partial charge on any atom is -0.508 e. The number of hydrogen-bond acceptors (Lipinski definition) is 5. The standard InChI is InChI=1S/C24H33FN4O3.HI/c1-4-26-24(27-15-18-14-20(31-2)6-7-22(18)30)28-19-9-11-29(12-10-19)16-17-5-8-23(32-3)21(25)13-17;/h5-8,13-14,19,30H,4,9-12,15-16H2,1-3H3,(H2,26,27,28);1H. The van der Waals surface area contributed by atoms with Gasteiger partial charge in [0.25, 0.3) is 0 Å². The van der Waals surface area contributed by atoms with Crippen LogP contribution in [0.3, 0.4) is 0 Å². The van der Waals surface area contributed by atoms with Gasteiger partial charge in [0.2, 0.25) is 0 Å². The summed E-state index contributed by atoms with van der Waals surface area (Å²) >= 11 is 0. The Balaban J connectivity index is 0.00000385. The van der Waals surface area contributed by atoms with Crippen LogP contribution < -0.4 is 20.1 Å². The summed E-state index contributed by atoms with van der Waals surface area (Å²) in [6.07, 6.45) is 1.93. The van der Waals surface area contributed by atoms with Gasteiger partial charge in [-0.15, -0.1) is 24.0 Å². The maximum Gasteiger partial charge on any atom is 0.191 e. The third-order valence-electron chi connectivity index (χ3n) is 5.59. The summed E-state index contributed by atoms with van der Waals surface area (Å²) in [6.45, 7) is 5.68. The number of aliphatic imine (C=N–C) groups is 1. The van der Waals surface area contributed by atoms with Crippen molar-refractivity contribution >= 4 is 29.9 Å². The number of likely N-dealkylation sites (tertiary alicyclic amines) is 1. The number of rotatable bonds is 8. The summed E-state index contributed by atoms with van der Waals surface area (Å²) in [5.74, 6) is 1.57. The first-order chi connectivity index (χ1) is 15.5. The Hall–Kier alpha value is -2.27. The largest absolute Gasteiger partial charge is 0.508 e. The third-order valence-corrected chi connectivity index (χ3v) is 5.59. The van der Waals surface area contributed by atoms with Gasteiger partial charge in [-0.25, -0.2) is 9.38 Å². The fraction of sp³-hybridized carbons (Fsp3) is 0.458. The van der Waals surface area contributed by atoms with Crippen LogP contribution >= 0.6 is 24.0 Å². The molecule has 1 fully saturated rings. The van der Waals surface area contributed by atoms with Gasteiger partial charge in [-0.2, -0.15) is 0 Å². The molecule has 0 radical (unpaired) electrons. The summed E-state index contributed by atoms with van der Waals surface area (Å²) in [7, 11) is 3.07. The summed E-state index contributed by atoms with van der Waals surface area (Å²) in [5.41, 5.74) is 1.66. The normalized spacial score (nSPS) is 15.0. The van der Waals surface area contributed by atoms with Gasteiger partial charge in [0.15, 0.2) is 17.5 Å². The molecule has 0 atom stereocenters. The molecule has 0 aliphatic carbocycles. The molecular formula is C24H34FIN4O3. The highest BCUT2D eigenvalue weighted by molar-refractivity contribution is 14.0. The summed E-state index contributed by atoms with van der Waals surface area (Å²) in [6, 6.07) is 10.6. The Morgan fingerprint density at radius 3 is 2.55 bits per heavy atom. The van der Waals surface area contributed by atoms with E-state index in [9.17, 15) is 9.50 Å². The van der Waals surface area contributed by atoms with Crippen molar-refractivity contribution in [1.29, 1.82) is 0 Å². The van der Waals surface area contributed by atoms with Crippen LogP contribution in [-0.2, 0) is 13.1 Å². The fourth-order valence-electron chi connectivity index (χ4n) is 3.79. The molecule has 1 heterocycles. The molecule has 0 bridgehead atoms. The molecule has 3 N–H and O–H groups in total. The second kappa shape index (κ2) is 13.4. The van der Waals surface area contributed by atoms with E-state index in [1.165, 1.54) is 7.11 Å². The number of methoxy groups -OCH3 is 2. The van der Waals surface area contributed by atoms with Gasteiger partial charge < -0.3 is 25.2 Å². The van der Waals surface area contributed by atoms with E-state index in [1.807, 2.05) is 13.0 Å². The monoisotopic (exact) mass is 572 g/mol. The maximum absolute atomic E-state index is 13.9. The van der Waals surface area contributed by atoms with E-state index in [0.29, 0.717) is 23.9 Å². The quantitative estimate of drug-likeness (QED) is 0.253. The highest BCUT2D eigenvalue weighted by Gasteiger charge is 2.20. The minimum atomic E-state index is -0.324. The molecule has 3 rings (SSSR count). The predicted molar refractivity (Wildman–Crippen MR) is 139 cm³/mol. The van der Waals surface area contributed by atoms with Crippen molar-refractivity contribution in [1.82, 2.24) is 15.5 Å². The van der Waals surface area contributed by atoms with Gasteiger partial charge in [-0.1, -0.05) is 6.07 Å². The van der Waals surface area contributed by atoms with Gasteiger partial charge in [0.1, 0.15) is 11.5 Å². The zero-order chi connectivity index (χ0) is 22.9. The average Bonchev–Trinajstić information content (AvgIpc) is 2.80. The van der Waals surface area contributed by atoms with Gasteiger partial charge >= 0.3 is 0 Å². The van der Waals surface area contributed by atoms with Crippen molar-refractivity contribution < 1.29 is 19.0 Å². The first-order valence-corrected chi connectivity index (χ1v) is 11.0. The predicted octanol–water partition coefficient (Wildman–Crippen LogP) is 3.89. The second-order valence-electron chi connectivity index (χ2n) is 7.85. The molecule has 9 heteroatoms. The molecule has 33 heavy (non-hydrogen) atoms. The van der Waals surface area contributed by atoms with E-state index in [2.05, 4.69) is 20.5 Å². The fourth-order valence-corrected chi connectivity index (χ4v) is 3.79. The van der Waals surface area contributed by atoms with E-state index < -0.39 is 0 Å². The molecule has 0 aromatic heterocycles. The summed E-state index contributed by atoms with van der Waals surface area (Å²) < 4.78 is 24.2. The lowest BCUT2D eigenvalue weighted by Crippen LogP contribution is -2.48. The van der Waals surface area contributed by atoms with Crippen LogP contribution in [-0.4, -0.2) is 55.9 Å². The zero-order valence-corrected chi connectivity index (χ0v) is 21.8. The van der Waals surface area contributed by atoms with E-state index in [1.54, 1.807) is 37.4 Å². The van der Waals surface area contributed by atoms with Crippen molar-refractivity contribution in [2.45, 2.75) is 38.9 Å². The van der Waals surface area contributed by atoms with Crippen LogP contribution in [0.4, 0.5) is 4.39 Å². The summed E-state index contributed by atoms with van der Waals surface area (Å²) in [4.78, 5) is 6.97. The highest BCUT2D eigenvalue weighted by atomic mass is 127. The van der Waals surface area contributed by atoms with Crippen LogP contribution in [0.25, 0.3) is 0 Å². The maximum atomic E-state index is 13.9. The number of phenols is 1. The topological polar surface area (TPSA) is 78.4 Å².